The molecule has 0 heterocycles. The van der Waals surface area contributed by atoms with Crippen molar-refractivity contribution in [1.29, 1.82) is 0 Å². The number of nitrogens with two attached hydrogens (primary N) is 1. The third-order valence-electron chi connectivity index (χ3n) is 1.58. The molecule has 0 aromatic heterocycles. The van der Waals surface area contributed by atoms with Crippen molar-refractivity contribution in [2.45, 2.75) is 39.2 Å². The SMILES string of the molecule is CCCCCS(=O)(=O)CC(C)N. The molecule has 2 N–H and O–H groups in total. The van der Waals surface area contributed by atoms with E-state index < -0.39 is 9.84 Å². The fourth-order valence-corrected chi connectivity index (χ4v) is 2.67. The van der Waals surface area contributed by atoms with E-state index in [0.717, 1.165) is 19.3 Å². The monoisotopic (exact) mass is 193 g/mol. The second kappa shape index (κ2) is 5.54. The number of sulfone groups is 1. The van der Waals surface area contributed by atoms with Crippen LogP contribution in [0.15, 0.2) is 0 Å². The van der Waals surface area contributed by atoms with Gasteiger partial charge in [-0.1, -0.05) is 19.8 Å². The zero-order chi connectivity index (χ0) is 9.61. The lowest BCUT2D eigenvalue weighted by atomic mass is 10.3. The summed E-state index contributed by atoms with van der Waals surface area (Å²) in [6.07, 6.45) is 2.80. The van der Waals surface area contributed by atoms with Crippen LogP contribution in [0.3, 0.4) is 0 Å². The summed E-state index contributed by atoms with van der Waals surface area (Å²) >= 11 is 0. The maximum Gasteiger partial charge on any atom is 0.151 e. The summed E-state index contributed by atoms with van der Waals surface area (Å²) in [5.41, 5.74) is 5.40. The van der Waals surface area contributed by atoms with E-state index in [-0.39, 0.29) is 11.8 Å². The van der Waals surface area contributed by atoms with E-state index in [1.807, 2.05) is 0 Å². The van der Waals surface area contributed by atoms with E-state index in [1.54, 1.807) is 6.92 Å². The summed E-state index contributed by atoms with van der Waals surface area (Å²) in [5.74, 6) is 0.416. The van der Waals surface area contributed by atoms with Crippen molar-refractivity contribution in [2.24, 2.45) is 5.73 Å². The minimum absolute atomic E-state index is 0.122. The van der Waals surface area contributed by atoms with Gasteiger partial charge in [0.2, 0.25) is 0 Å². The second-order valence-corrected chi connectivity index (χ2v) is 5.53. The van der Waals surface area contributed by atoms with Gasteiger partial charge in [0.1, 0.15) is 0 Å². The molecule has 0 saturated heterocycles. The van der Waals surface area contributed by atoms with Gasteiger partial charge in [-0.25, -0.2) is 8.42 Å². The fourth-order valence-electron chi connectivity index (χ4n) is 1.06. The molecule has 0 aromatic rings. The van der Waals surface area contributed by atoms with Crippen molar-refractivity contribution >= 4 is 9.84 Å². The Morgan fingerprint density at radius 2 is 1.92 bits per heavy atom. The summed E-state index contributed by atoms with van der Waals surface area (Å²) in [4.78, 5) is 0. The Morgan fingerprint density at radius 1 is 1.33 bits per heavy atom. The van der Waals surface area contributed by atoms with Gasteiger partial charge in [0.15, 0.2) is 9.84 Å². The molecule has 0 bridgehead atoms. The van der Waals surface area contributed by atoms with E-state index in [0.29, 0.717) is 5.75 Å². The molecule has 1 atom stereocenters. The molecule has 3 nitrogen and oxygen atoms in total. The molecule has 0 fully saturated rings. The topological polar surface area (TPSA) is 60.2 Å². The third-order valence-corrected chi connectivity index (χ3v) is 3.52. The van der Waals surface area contributed by atoms with Crippen LogP contribution in [0.4, 0.5) is 0 Å². The van der Waals surface area contributed by atoms with Crippen LogP contribution in [0.1, 0.15) is 33.1 Å². The standard InChI is InChI=1S/C8H19NO2S/c1-3-4-5-6-12(10,11)7-8(2)9/h8H,3-7,9H2,1-2H3. The first-order valence-corrected chi connectivity index (χ1v) is 6.26. The predicted molar refractivity (Wildman–Crippen MR) is 51.8 cm³/mol. The summed E-state index contributed by atoms with van der Waals surface area (Å²) in [7, 11) is -2.88. The molecule has 74 valence electrons. The molecule has 1 unspecified atom stereocenters. The van der Waals surface area contributed by atoms with Crippen molar-refractivity contribution in [3.05, 3.63) is 0 Å². The Balaban J connectivity index is 3.73. The van der Waals surface area contributed by atoms with Crippen LogP contribution in [0.5, 0.6) is 0 Å². The molecule has 0 aliphatic carbocycles. The average Bonchev–Trinajstić information content (AvgIpc) is 1.84. The molecule has 12 heavy (non-hydrogen) atoms. The summed E-state index contributed by atoms with van der Waals surface area (Å²) in [6, 6.07) is -0.239. The van der Waals surface area contributed by atoms with Crippen molar-refractivity contribution < 1.29 is 8.42 Å². The Labute approximate surface area is 75.3 Å². The predicted octanol–water partition coefficient (Wildman–Crippen LogP) is 0.939. The molecule has 0 spiro atoms. The molecule has 0 amide bonds. The maximum absolute atomic E-state index is 11.2. The van der Waals surface area contributed by atoms with Crippen LogP contribution in [0.2, 0.25) is 0 Å². The highest BCUT2D eigenvalue weighted by Gasteiger charge is 2.12. The Kier molecular flexibility index (Phi) is 5.50. The van der Waals surface area contributed by atoms with Gasteiger partial charge in [0.25, 0.3) is 0 Å². The number of unbranched alkanes of at least 4 members (excludes halogenated alkanes) is 2. The first-order chi connectivity index (χ1) is 5.48. The van der Waals surface area contributed by atoms with E-state index in [1.165, 1.54) is 0 Å². The largest absolute Gasteiger partial charge is 0.327 e. The van der Waals surface area contributed by atoms with Gasteiger partial charge in [0, 0.05) is 6.04 Å². The lowest BCUT2D eigenvalue weighted by Gasteiger charge is -2.05. The normalized spacial score (nSPS) is 14.6. The van der Waals surface area contributed by atoms with Gasteiger partial charge < -0.3 is 5.73 Å². The highest BCUT2D eigenvalue weighted by atomic mass is 32.2. The van der Waals surface area contributed by atoms with Crippen LogP contribution >= 0.6 is 0 Å². The summed E-state index contributed by atoms with van der Waals surface area (Å²) in [5, 5.41) is 0. The minimum atomic E-state index is -2.88. The van der Waals surface area contributed by atoms with Crippen molar-refractivity contribution in [2.75, 3.05) is 11.5 Å². The molecule has 0 aliphatic heterocycles. The lowest BCUT2D eigenvalue weighted by Crippen LogP contribution is -2.27. The van der Waals surface area contributed by atoms with Gasteiger partial charge in [-0.05, 0) is 13.3 Å². The van der Waals surface area contributed by atoms with Crippen LogP contribution < -0.4 is 5.73 Å². The van der Waals surface area contributed by atoms with E-state index in [4.69, 9.17) is 5.73 Å². The maximum atomic E-state index is 11.2. The van der Waals surface area contributed by atoms with Gasteiger partial charge in [-0.2, -0.15) is 0 Å². The van der Waals surface area contributed by atoms with E-state index >= 15 is 0 Å². The Morgan fingerprint density at radius 3 is 2.33 bits per heavy atom. The highest BCUT2D eigenvalue weighted by Crippen LogP contribution is 2.00. The first kappa shape index (κ1) is 11.9. The Bertz CT molecular complexity index is 197. The van der Waals surface area contributed by atoms with Crippen LogP contribution in [0, 0.1) is 0 Å². The zero-order valence-electron chi connectivity index (χ0n) is 7.91. The van der Waals surface area contributed by atoms with Gasteiger partial charge in [-0.3, -0.25) is 0 Å². The molecular weight excluding hydrogens is 174 g/mol. The van der Waals surface area contributed by atoms with E-state index in [9.17, 15) is 8.42 Å². The number of hydrogen-bond acceptors (Lipinski definition) is 3. The zero-order valence-corrected chi connectivity index (χ0v) is 8.73. The second-order valence-electron chi connectivity index (χ2n) is 3.30. The van der Waals surface area contributed by atoms with Crippen LogP contribution in [-0.4, -0.2) is 26.0 Å². The van der Waals surface area contributed by atoms with Gasteiger partial charge in [0.05, 0.1) is 11.5 Å². The van der Waals surface area contributed by atoms with Crippen molar-refractivity contribution in [1.82, 2.24) is 0 Å². The quantitative estimate of drug-likeness (QED) is 0.639. The fraction of sp³-hybridized carbons (Fsp3) is 1.00. The highest BCUT2D eigenvalue weighted by molar-refractivity contribution is 7.91. The molecule has 4 heteroatoms. The van der Waals surface area contributed by atoms with Crippen molar-refractivity contribution in [3.63, 3.8) is 0 Å². The number of rotatable bonds is 6. The van der Waals surface area contributed by atoms with Crippen LogP contribution in [0.25, 0.3) is 0 Å². The van der Waals surface area contributed by atoms with E-state index in [2.05, 4.69) is 6.92 Å². The summed E-state index contributed by atoms with van der Waals surface area (Å²) in [6.45, 7) is 3.77. The number of hydrogen-bond donors (Lipinski definition) is 1. The third kappa shape index (κ3) is 6.61. The first-order valence-electron chi connectivity index (χ1n) is 4.44. The lowest BCUT2D eigenvalue weighted by molar-refractivity contribution is 0.585. The van der Waals surface area contributed by atoms with Gasteiger partial charge in [-0.15, -0.1) is 0 Å². The molecule has 0 saturated carbocycles. The minimum Gasteiger partial charge on any atom is -0.327 e. The van der Waals surface area contributed by atoms with Gasteiger partial charge >= 0.3 is 0 Å². The average molecular weight is 193 g/mol. The Hall–Kier alpha value is -0.0900. The molecule has 0 radical (unpaired) electrons. The van der Waals surface area contributed by atoms with Crippen LogP contribution in [-0.2, 0) is 9.84 Å². The molecular formula is C8H19NO2S. The van der Waals surface area contributed by atoms with Crippen molar-refractivity contribution in [3.8, 4) is 0 Å². The smallest absolute Gasteiger partial charge is 0.151 e. The summed E-state index contributed by atoms with van der Waals surface area (Å²) < 4.78 is 22.5. The molecule has 0 aliphatic rings. The molecule has 0 rings (SSSR count). The molecule has 0 aromatic carbocycles.